The third kappa shape index (κ3) is 2.66. The van der Waals surface area contributed by atoms with Gasteiger partial charge in [0.2, 0.25) is 5.88 Å². The van der Waals surface area contributed by atoms with E-state index < -0.39 is 5.97 Å². The van der Waals surface area contributed by atoms with E-state index in [1.807, 2.05) is 0 Å². The third-order valence-corrected chi connectivity index (χ3v) is 4.13. The highest BCUT2D eigenvalue weighted by molar-refractivity contribution is 7.15. The minimum absolute atomic E-state index is 0.287. The predicted octanol–water partition coefficient (Wildman–Crippen LogP) is 3.75. The summed E-state index contributed by atoms with van der Waals surface area (Å²) >= 11 is 1.52. The van der Waals surface area contributed by atoms with Crippen LogP contribution in [0.1, 0.15) is 30.7 Å². The van der Waals surface area contributed by atoms with Crippen molar-refractivity contribution in [3.63, 3.8) is 0 Å². The van der Waals surface area contributed by atoms with Crippen molar-refractivity contribution >= 4 is 17.3 Å². The minimum Gasteiger partial charge on any atom is -0.406 e. The van der Waals surface area contributed by atoms with Crippen LogP contribution in [0.15, 0.2) is 24.3 Å². The summed E-state index contributed by atoms with van der Waals surface area (Å²) in [5.74, 6) is 0.153. The quantitative estimate of drug-likeness (QED) is 0.802. The Morgan fingerprint density at radius 3 is 2.63 bits per heavy atom. The van der Waals surface area contributed by atoms with Crippen molar-refractivity contribution in [2.75, 3.05) is 0 Å². The molecule has 0 amide bonds. The first-order chi connectivity index (χ1) is 9.13. The Hall–Kier alpha value is -1.75. The second-order valence-corrected chi connectivity index (χ2v) is 5.59. The van der Waals surface area contributed by atoms with Crippen LogP contribution >= 0.6 is 11.3 Å². The molecule has 0 N–H and O–H groups in total. The highest BCUT2D eigenvalue weighted by atomic mass is 32.1. The molecule has 1 aromatic heterocycles. The third-order valence-electron chi connectivity index (χ3n) is 2.89. The molecule has 0 unspecified atom stereocenters. The molecule has 1 fully saturated rings. The minimum atomic E-state index is -0.393. The van der Waals surface area contributed by atoms with Gasteiger partial charge in [0.25, 0.3) is 0 Å². The van der Waals surface area contributed by atoms with Crippen LogP contribution in [0.2, 0.25) is 0 Å². The van der Waals surface area contributed by atoms with E-state index in [1.165, 1.54) is 30.4 Å². The Kier molecular flexibility index (Phi) is 3.06. The van der Waals surface area contributed by atoms with Gasteiger partial charge in [0.1, 0.15) is 10.8 Å². The molecule has 1 saturated carbocycles. The zero-order valence-corrected chi connectivity index (χ0v) is 11.2. The summed E-state index contributed by atoms with van der Waals surface area (Å²) in [7, 11) is 0. The van der Waals surface area contributed by atoms with E-state index in [1.54, 1.807) is 12.1 Å². The van der Waals surface area contributed by atoms with Crippen LogP contribution in [0.4, 0.5) is 4.39 Å². The number of nitrogens with zero attached hydrogens (tertiary/aromatic N) is 1. The first-order valence-electron chi connectivity index (χ1n) is 6.08. The predicted molar refractivity (Wildman–Crippen MR) is 70.8 cm³/mol. The number of hydrogen-bond donors (Lipinski definition) is 0. The fourth-order valence-corrected chi connectivity index (χ4v) is 2.98. The van der Waals surface area contributed by atoms with Gasteiger partial charge in [-0.3, -0.25) is 4.79 Å². The highest BCUT2D eigenvalue weighted by Crippen LogP contribution is 2.46. The zero-order chi connectivity index (χ0) is 13.4. The largest absolute Gasteiger partial charge is 0.406 e. The zero-order valence-electron chi connectivity index (χ0n) is 10.4. The molecule has 1 heterocycles. The van der Waals surface area contributed by atoms with E-state index in [0.717, 1.165) is 28.3 Å². The monoisotopic (exact) mass is 277 g/mol. The Labute approximate surface area is 114 Å². The van der Waals surface area contributed by atoms with Gasteiger partial charge in [-0.05, 0) is 30.5 Å². The van der Waals surface area contributed by atoms with E-state index >= 15 is 0 Å². The van der Waals surface area contributed by atoms with Crippen LogP contribution in [0.5, 0.6) is 5.88 Å². The summed E-state index contributed by atoms with van der Waals surface area (Å²) in [6.07, 6.45) is 2.27. The first-order valence-corrected chi connectivity index (χ1v) is 6.90. The number of carbonyl (C=O) groups is 1. The number of hydrogen-bond acceptors (Lipinski definition) is 4. The van der Waals surface area contributed by atoms with E-state index in [4.69, 9.17) is 4.74 Å². The SMILES string of the molecule is CC(=O)Oc1nc(C2CC2)sc1-c1ccc(F)cc1. The van der Waals surface area contributed by atoms with Crippen molar-refractivity contribution < 1.29 is 13.9 Å². The molecular formula is C14H12FNO2S. The molecule has 3 nitrogen and oxygen atoms in total. The molecule has 2 aromatic rings. The maximum Gasteiger partial charge on any atom is 0.309 e. The summed E-state index contributed by atoms with van der Waals surface area (Å²) in [6, 6.07) is 6.13. The number of ether oxygens (including phenoxy) is 1. The van der Waals surface area contributed by atoms with Gasteiger partial charge in [0.05, 0.1) is 4.88 Å². The number of thiazole rings is 1. The molecule has 0 atom stereocenters. The van der Waals surface area contributed by atoms with Gasteiger partial charge < -0.3 is 4.74 Å². The smallest absolute Gasteiger partial charge is 0.309 e. The van der Waals surface area contributed by atoms with Gasteiger partial charge >= 0.3 is 5.97 Å². The summed E-state index contributed by atoms with van der Waals surface area (Å²) in [6.45, 7) is 1.35. The second-order valence-electron chi connectivity index (χ2n) is 4.56. The number of carbonyl (C=O) groups excluding carboxylic acids is 1. The van der Waals surface area contributed by atoms with Gasteiger partial charge in [0, 0.05) is 12.8 Å². The summed E-state index contributed by atoms with van der Waals surface area (Å²) in [5.41, 5.74) is 0.821. The molecule has 0 spiro atoms. The lowest BCUT2D eigenvalue weighted by Crippen LogP contribution is -2.02. The molecule has 1 aliphatic carbocycles. The van der Waals surface area contributed by atoms with Crippen LogP contribution in [-0.4, -0.2) is 11.0 Å². The van der Waals surface area contributed by atoms with Crippen molar-refractivity contribution in [3.05, 3.63) is 35.1 Å². The molecular weight excluding hydrogens is 265 g/mol. The van der Waals surface area contributed by atoms with E-state index in [9.17, 15) is 9.18 Å². The number of rotatable bonds is 3. The normalized spacial score (nSPS) is 14.4. The van der Waals surface area contributed by atoms with E-state index in [-0.39, 0.29) is 5.82 Å². The molecule has 98 valence electrons. The number of esters is 1. The molecule has 0 saturated heterocycles. The lowest BCUT2D eigenvalue weighted by atomic mass is 10.2. The Morgan fingerprint density at radius 1 is 1.37 bits per heavy atom. The molecule has 0 radical (unpaired) electrons. The number of aromatic nitrogens is 1. The van der Waals surface area contributed by atoms with E-state index in [0.29, 0.717) is 11.8 Å². The average molecular weight is 277 g/mol. The van der Waals surface area contributed by atoms with Crippen molar-refractivity contribution in [2.24, 2.45) is 0 Å². The van der Waals surface area contributed by atoms with Crippen LogP contribution in [0, 0.1) is 5.82 Å². The fourth-order valence-electron chi connectivity index (χ4n) is 1.82. The molecule has 1 aromatic carbocycles. The Balaban J connectivity index is 2.01. The van der Waals surface area contributed by atoms with Crippen LogP contribution < -0.4 is 4.74 Å². The number of benzene rings is 1. The van der Waals surface area contributed by atoms with E-state index in [2.05, 4.69) is 4.98 Å². The van der Waals surface area contributed by atoms with Crippen molar-refractivity contribution in [1.82, 2.24) is 4.98 Å². The molecule has 1 aliphatic rings. The summed E-state index contributed by atoms with van der Waals surface area (Å²) in [4.78, 5) is 16.3. The van der Waals surface area contributed by atoms with Gasteiger partial charge in [-0.25, -0.2) is 9.37 Å². The standard InChI is InChI=1S/C14H12FNO2S/c1-8(17)18-13-12(9-4-6-11(15)7-5-9)19-14(16-13)10-2-3-10/h4-7,10H,2-3H2,1H3. The molecule has 0 aliphatic heterocycles. The molecule has 3 rings (SSSR count). The molecule has 5 heteroatoms. The lowest BCUT2D eigenvalue weighted by Gasteiger charge is -2.01. The first kappa shape index (κ1) is 12.3. The topological polar surface area (TPSA) is 39.2 Å². The van der Waals surface area contributed by atoms with Crippen LogP contribution in [0.3, 0.4) is 0 Å². The van der Waals surface area contributed by atoms with Gasteiger partial charge in [-0.2, -0.15) is 0 Å². The highest BCUT2D eigenvalue weighted by Gasteiger charge is 2.29. The fraction of sp³-hybridized carbons (Fsp3) is 0.286. The van der Waals surface area contributed by atoms with Crippen LogP contribution in [0.25, 0.3) is 10.4 Å². The van der Waals surface area contributed by atoms with Crippen molar-refractivity contribution in [1.29, 1.82) is 0 Å². The maximum absolute atomic E-state index is 13.0. The number of halogens is 1. The average Bonchev–Trinajstić information content (AvgIpc) is 3.13. The lowest BCUT2D eigenvalue weighted by molar-refractivity contribution is -0.132. The van der Waals surface area contributed by atoms with Crippen molar-refractivity contribution in [3.8, 4) is 16.3 Å². The Bertz CT molecular complexity index is 617. The van der Waals surface area contributed by atoms with Gasteiger partial charge in [-0.15, -0.1) is 11.3 Å². The van der Waals surface area contributed by atoms with Gasteiger partial charge in [-0.1, -0.05) is 12.1 Å². The molecule has 19 heavy (non-hydrogen) atoms. The summed E-state index contributed by atoms with van der Waals surface area (Å²) in [5, 5.41) is 0.996. The van der Waals surface area contributed by atoms with Gasteiger partial charge in [0.15, 0.2) is 0 Å². The summed E-state index contributed by atoms with van der Waals surface area (Å²) < 4.78 is 18.1. The van der Waals surface area contributed by atoms with Crippen LogP contribution in [-0.2, 0) is 4.79 Å². The second kappa shape index (κ2) is 4.74. The Morgan fingerprint density at radius 2 is 2.05 bits per heavy atom. The molecule has 0 bridgehead atoms. The maximum atomic E-state index is 13.0. The van der Waals surface area contributed by atoms with Crippen molar-refractivity contribution in [2.45, 2.75) is 25.7 Å².